The highest BCUT2D eigenvalue weighted by molar-refractivity contribution is 5.61. The molecule has 0 saturated heterocycles. The standard InChI is InChI=1S/C30H32/c1-5-20-9-21(6-2)13-26(12-20)29-27-14-24-11-25(15-27)19-30(29,18-24)28-16-22(7-3)10-23(8-4)17-28/h5-10,12-13,16-17,24-25,27,29H,1-4,11,14-15,18-19H2. The largest absolute Gasteiger partial charge is 0.0985 e. The summed E-state index contributed by atoms with van der Waals surface area (Å²) in [5.74, 6) is 3.08. The van der Waals surface area contributed by atoms with Crippen LogP contribution in [0, 0.1) is 17.8 Å². The van der Waals surface area contributed by atoms with E-state index in [0.717, 1.165) is 17.8 Å². The van der Waals surface area contributed by atoms with Crippen molar-refractivity contribution in [2.75, 3.05) is 0 Å². The molecule has 3 atom stereocenters. The van der Waals surface area contributed by atoms with E-state index in [2.05, 4.69) is 62.7 Å². The number of hydrogen-bond donors (Lipinski definition) is 0. The van der Waals surface area contributed by atoms with Gasteiger partial charge in [-0.2, -0.15) is 0 Å². The van der Waals surface area contributed by atoms with E-state index in [1.165, 1.54) is 65.5 Å². The van der Waals surface area contributed by atoms with E-state index in [4.69, 9.17) is 0 Å². The molecule has 3 unspecified atom stereocenters. The maximum absolute atomic E-state index is 4.06. The fourth-order valence-electron chi connectivity index (χ4n) is 7.36. The van der Waals surface area contributed by atoms with Gasteiger partial charge in [-0.3, -0.25) is 0 Å². The summed E-state index contributed by atoms with van der Waals surface area (Å²) in [6.45, 7) is 16.2. The molecule has 4 fully saturated rings. The molecule has 0 spiro atoms. The van der Waals surface area contributed by atoms with Gasteiger partial charge in [-0.05, 0) is 101 Å². The maximum atomic E-state index is 4.06. The Morgan fingerprint density at radius 3 is 1.57 bits per heavy atom. The van der Waals surface area contributed by atoms with Crippen LogP contribution in [0.2, 0.25) is 0 Å². The minimum atomic E-state index is 0.212. The maximum Gasteiger partial charge on any atom is 0.00300 e. The van der Waals surface area contributed by atoms with Gasteiger partial charge >= 0.3 is 0 Å². The first-order valence-corrected chi connectivity index (χ1v) is 11.4. The molecule has 0 radical (unpaired) electrons. The molecule has 152 valence electrons. The molecule has 4 bridgehead atoms. The van der Waals surface area contributed by atoms with Gasteiger partial charge in [0, 0.05) is 5.41 Å². The molecule has 0 amide bonds. The van der Waals surface area contributed by atoms with Gasteiger partial charge in [-0.25, -0.2) is 0 Å². The second-order valence-corrected chi connectivity index (χ2v) is 9.88. The molecule has 0 heteroatoms. The molecule has 30 heavy (non-hydrogen) atoms. The third-order valence-corrected chi connectivity index (χ3v) is 8.17. The molecule has 6 rings (SSSR count). The highest BCUT2D eigenvalue weighted by atomic mass is 14.6. The number of benzene rings is 2. The second kappa shape index (κ2) is 7.27. The van der Waals surface area contributed by atoms with E-state index in [-0.39, 0.29) is 5.41 Å². The zero-order valence-electron chi connectivity index (χ0n) is 17.9. The quantitative estimate of drug-likeness (QED) is 0.465. The Labute approximate surface area is 181 Å². The first kappa shape index (κ1) is 19.4. The van der Waals surface area contributed by atoms with Crippen LogP contribution in [0.5, 0.6) is 0 Å². The van der Waals surface area contributed by atoms with Crippen molar-refractivity contribution in [1.82, 2.24) is 0 Å². The van der Waals surface area contributed by atoms with Crippen LogP contribution in [-0.2, 0) is 5.41 Å². The van der Waals surface area contributed by atoms with Crippen LogP contribution >= 0.6 is 0 Å². The van der Waals surface area contributed by atoms with Gasteiger partial charge in [0.25, 0.3) is 0 Å². The summed E-state index contributed by atoms with van der Waals surface area (Å²) in [4.78, 5) is 0. The molecule has 4 aliphatic carbocycles. The van der Waals surface area contributed by atoms with Crippen LogP contribution in [0.3, 0.4) is 0 Å². The number of rotatable bonds is 6. The van der Waals surface area contributed by atoms with Gasteiger partial charge in [-0.1, -0.05) is 74.9 Å². The molecular weight excluding hydrogens is 360 g/mol. The zero-order valence-corrected chi connectivity index (χ0v) is 17.9. The van der Waals surface area contributed by atoms with Crippen LogP contribution in [0.4, 0.5) is 0 Å². The summed E-state index contributed by atoms with van der Waals surface area (Å²) < 4.78 is 0. The Morgan fingerprint density at radius 1 is 0.633 bits per heavy atom. The monoisotopic (exact) mass is 392 g/mol. The van der Waals surface area contributed by atoms with Crippen LogP contribution in [0.1, 0.15) is 71.4 Å². The van der Waals surface area contributed by atoms with Crippen LogP contribution < -0.4 is 0 Å². The minimum absolute atomic E-state index is 0.212. The normalized spacial score (nSPS) is 31.3. The Hall–Kier alpha value is -2.60. The molecule has 4 saturated carbocycles. The molecule has 4 aliphatic rings. The van der Waals surface area contributed by atoms with E-state index in [1.54, 1.807) is 0 Å². The fraction of sp³-hybridized carbons (Fsp3) is 0.333. The van der Waals surface area contributed by atoms with Crippen molar-refractivity contribution in [2.45, 2.75) is 43.4 Å². The lowest BCUT2D eigenvalue weighted by Gasteiger charge is -2.62. The molecule has 2 aromatic rings. The van der Waals surface area contributed by atoms with Crippen molar-refractivity contribution in [3.05, 3.63) is 96.1 Å². The third kappa shape index (κ3) is 2.97. The first-order valence-electron chi connectivity index (χ1n) is 11.4. The van der Waals surface area contributed by atoms with E-state index >= 15 is 0 Å². The average molecular weight is 393 g/mol. The topological polar surface area (TPSA) is 0 Å². The molecular formula is C30H32. The summed E-state index contributed by atoms with van der Waals surface area (Å²) in [6.07, 6.45) is 14.8. The molecule has 0 heterocycles. The highest BCUT2D eigenvalue weighted by Gasteiger charge is 2.58. The lowest BCUT2D eigenvalue weighted by molar-refractivity contribution is -0.0280. The first-order chi connectivity index (χ1) is 14.6. The van der Waals surface area contributed by atoms with Gasteiger partial charge < -0.3 is 0 Å². The van der Waals surface area contributed by atoms with Crippen LogP contribution in [0.25, 0.3) is 24.3 Å². The average Bonchev–Trinajstić information content (AvgIpc) is 2.77. The van der Waals surface area contributed by atoms with Crippen LogP contribution in [-0.4, -0.2) is 0 Å². The third-order valence-electron chi connectivity index (χ3n) is 8.17. The second-order valence-electron chi connectivity index (χ2n) is 9.88. The Kier molecular flexibility index (Phi) is 4.69. The van der Waals surface area contributed by atoms with E-state index < -0.39 is 0 Å². The number of hydrogen-bond acceptors (Lipinski definition) is 0. The van der Waals surface area contributed by atoms with E-state index in [0.29, 0.717) is 5.92 Å². The van der Waals surface area contributed by atoms with Gasteiger partial charge in [-0.15, -0.1) is 0 Å². The SMILES string of the molecule is C=Cc1cc(C=C)cc(C2C3CC4CC(C3)CC2(c2cc(C=C)cc(C=C)c2)C4)c1. The Bertz CT molecular complexity index is 969. The van der Waals surface area contributed by atoms with Gasteiger partial charge in [0.15, 0.2) is 0 Å². The lowest BCUT2D eigenvalue weighted by atomic mass is 9.42. The van der Waals surface area contributed by atoms with Gasteiger partial charge in [0.05, 0.1) is 0 Å². The van der Waals surface area contributed by atoms with Crippen molar-refractivity contribution < 1.29 is 0 Å². The predicted octanol–water partition coefficient (Wildman–Crippen LogP) is 8.12. The molecule has 0 N–H and O–H groups in total. The van der Waals surface area contributed by atoms with Crippen molar-refractivity contribution in [3.63, 3.8) is 0 Å². The van der Waals surface area contributed by atoms with Crippen molar-refractivity contribution in [1.29, 1.82) is 0 Å². The van der Waals surface area contributed by atoms with Crippen LogP contribution in [0.15, 0.2) is 62.7 Å². The lowest BCUT2D eigenvalue weighted by Crippen LogP contribution is -2.54. The predicted molar refractivity (Wildman–Crippen MR) is 131 cm³/mol. The smallest absolute Gasteiger partial charge is 0.00300 e. The highest BCUT2D eigenvalue weighted by Crippen LogP contribution is 2.66. The van der Waals surface area contributed by atoms with E-state index in [9.17, 15) is 0 Å². The van der Waals surface area contributed by atoms with Crippen molar-refractivity contribution in [3.8, 4) is 0 Å². The summed E-state index contributed by atoms with van der Waals surface area (Å²) in [5.41, 5.74) is 8.03. The summed E-state index contributed by atoms with van der Waals surface area (Å²) in [5, 5.41) is 0. The van der Waals surface area contributed by atoms with Crippen molar-refractivity contribution >= 4 is 24.3 Å². The Balaban J connectivity index is 1.72. The Morgan fingerprint density at radius 2 is 1.10 bits per heavy atom. The van der Waals surface area contributed by atoms with Crippen molar-refractivity contribution in [2.24, 2.45) is 17.8 Å². The minimum Gasteiger partial charge on any atom is -0.0985 e. The molecule has 2 aromatic carbocycles. The molecule has 0 aromatic heterocycles. The summed E-state index contributed by atoms with van der Waals surface area (Å²) in [6, 6.07) is 14.0. The van der Waals surface area contributed by atoms with Gasteiger partial charge in [0.2, 0.25) is 0 Å². The zero-order chi connectivity index (χ0) is 20.9. The van der Waals surface area contributed by atoms with E-state index in [1.807, 2.05) is 24.3 Å². The summed E-state index contributed by atoms with van der Waals surface area (Å²) in [7, 11) is 0. The summed E-state index contributed by atoms with van der Waals surface area (Å²) >= 11 is 0. The van der Waals surface area contributed by atoms with Gasteiger partial charge in [0.1, 0.15) is 0 Å². The molecule has 0 nitrogen and oxygen atoms in total. The fourth-order valence-corrected chi connectivity index (χ4v) is 7.36. The molecule has 0 aliphatic heterocycles.